The Bertz CT molecular complexity index is 257. The Morgan fingerprint density at radius 3 is 2.50 bits per heavy atom. The molecule has 2 amide bonds. The van der Waals surface area contributed by atoms with E-state index in [4.69, 9.17) is 10.5 Å². The summed E-state index contributed by atoms with van der Waals surface area (Å²) in [6, 6.07) is -0.255. The van der Waals surface area contributed by atoms with Gasteiger partial charge in [0.15, 0.2) is 0 Å². The summed E-state index contributed by atoms with van der Waals surface area (Å²) in [7, 11) is 0. The van der Waals surface area contributed by atoms with E-state index in [0.29, 0.717) is 0 Å². The van der Waals surface area contributed by atoms with Crippen LogP contribution in [0, 0.1) is 0 Å². The molecule has 1 fully saturated rings. The summed E-state index contributed by atoms with van der Waals surface area (Å²) in [5.74, 6) is -0.258. The number of carbonyl (C=O) groups excluding carboxylic acids is 2. The lowest BCUT2D eigenvalue weighted by molar-refractivity contribution is -0.126. The zero-order valence-electron chi connectivity index (χ0n) is 8.74. The van der Waals surface area contributed by atoms with Crippen molar-refractivity contribution in [3.63, 3.8) is 0 Å². The van der Waals surface area contributed by atoms with Crippen molar-refractivity contribution >= 4 is 12.0 Å². The molecular formula is C9H16N2O3. The minimum Gasteiger partial charge on any atom is -0.443 e. The zero-order chi connectivity index (χ0) is 10.9. The summed E-state index contributed by atoms with van der Waals surface area (Å²) in [4.78, 5) is 23.8. The molecule has 80 valence electrons. The number of imide groups is 1. The monoisotopic (exact) mass is 200 g/mol. The second-order valence-corrected chi connectivity index (χ2v) is 4.45. The van der Waals surface area contributed by atoms with Gasteiger partial charge in [0.25, 0.3) is 0 Å². The molecule has 5 heteroatoms. The first-order valence-corrected chi connectivity index (χ1v) is 4.58. The lowest BCUT2D eigenvalue weighted by Crippen LogP contribution is -2.38. The van der Waals surface area contributed by atoms with Crippen LogP contribution in [-0.2, 0) is 9.53 Å². The standard InChI is InChI=1S/C9H16N2O3/c1-9(2,3)14-8(13)11-5-6(10)4-7(11)12/h6H,4-5,10H2,1-3H3/t6-/m0/s1. The van der Waals surface area contributed by atoms with Crippen molar-refractivity contribution in [3.05, 3.63) is 0 Å². The van der Waals surface area contributed by atoms with E-state index in [1.807, 2.05) is 0 Å². The molecule has 0 bridgehead atoms. The Morgan fingerprint density at radius 2 is 2.14 bits per heavy atom. The number of amides is 2. The first-order chi connectivity index (χ1) is 6.29. The smallest absolute Gasteiger partial charge is 0.417 e. The summed E-state index contributed by atoms with van der Waals surface area (Å²) >= 11 is 0. The van der Waals surface area contributed by atoms with Crippen LogP contribution in [0.1, 0.15) is 27.2 Å². The molecule has 0 radical (unpaired) electrons. The number of carbonyl (C=O) groups is 2. The summed E-state index contributed by atoms with van der Waals surface area (Å²) in [5, 5.41) is 0. The highest BCUT2D eigenvalue weighted by molar-refractivity contribution is 5.94. The third-order valence-electron chi connectivity index (χ3n) is 1.77. The van der Waals surface area contributed by atoms with Crippen LogP contribution in [0.3, 0.4) is 0 Å². The van der Waals surface area contributed by atoms with E-state index < -0.39 is 11.7 Å². The van der Waals surface area contributed by atoms with Crippen molar-refractivity contribution < 1.29 is 14.3 Å². The van der Waals surface area contributed by atoms with Crippen molar-refractivity contribution in [2.75, 3.05) is 6.54 Å². The summed E-state index contributed by atoms with van der Waals surface area (Å²) in [6.07, 6.45) is -0.380. The predicted molar refractivity (Wildman–Crippen MR) is 50.5 cm³/mol. The number of nitrogens with two attached hydrogens (primary N) is 1. The lowest BCUT2D eigenvalue weighted by Gasteiger charge is -2.23. The van der Waals surface area contributed by atoms with Gasteiger partial charge in [-0.2, -0.15) is 0 Å². The first-order valence-electron chi connectivity index (χ1n) is 4.58. The Hall–Kier alpha value is -1.10. The molecule has 5 nitrogen and oxygen atoms in total. The molecule has 0 aromatic rings. The van der Waals surface area contributed by atoms with E-state index in [-0.39, 0.29) is 24.9 Å². The predicted octanol–water partition coefficient (Wildman–Crippen LogP) is 0.481. The molecule has 14 heavy (non-hydrogen) atoms. The Labute approximate surface area is 83.2 Å². The highest BCUT2D eigenvalue weighted by atomic mass is 16.6. The van der Waals surface area contributed by atoms with Gasteiger partial charge in [0.2, 0.25) is 5.91 Å². The van der Waals surface area contributed by atoms with Gasteiger partial charge in [-0.15, -0.1) is 0 Å². The van der Waals surface area contributed by atoms with Crippen LogP contribution in [0.15, 0.2) is 0 Å². The van der Waals surface area contributed by atoms with Crippen LogP contribution < -0.4 is 5.73 Å². The van der Waals surface area contributed by atoms with E-state index in [2.05, 4.69) is 0 Å². The van der Waals surface area contributed by atoms with Crippen LogP contribution in [0.2, 0.25) is 0 Å². The average molecular weight is 200 g/mol. The fourth-order valence-corrected chi connectivity index (χ4v) is 1.23. The van der Waals surface area contributed by atoms with Gasteiger partial charge in [-0.1, -0.05) is 0 Å². The molecule has 0 saturated carbocycles. The van der Waals surface area contributed by atoms with Gasteiger partial charge in [0.1, 0.15) is 5.60 Å². The van der Waals surface area contributed by atoms with E-state index in [9.17, 15) is 9.59 Å². The van der Waals surface area contributed by atoms with Gasteiger partial charge >= 0.3 is 6.09 Å². The van der Waals surface area contributed by atoms with Gasteiger partial charge in [-0.25, -0.2) is 9.69 Å². The Morgan fingerprint density at radius 1 is 1.57 bits per heavy atom. The highest BCUT2D eigenvalue weighted by Crippen LogP contribution is 2.15. The zero-order valence-corrected chi connectivity index (χ0v) is 8.74. The fraction of sp³-hybridized carbons (Fsp3) is 0.778. The topological polar surface area (TPSA) is 72.6 Å². The second-order valence-electron chi connectivity index (χ2n) is 4.45. The van der Waals surface area contributed by atoms with Crippen molar-refractivity contribution in [3.8, 4) is 0 Å². The summed E-state index contributed by atoms with van der Waals surface area (Å²) in [5.41, 5.74) is 4.97. The molecule has 1 aliphatic rings. The third kappa shape index (κ3) is 2.70. The first kappa shape index (κ1) is 11.0. The maximum atomic E-state index is 11.4. The van der Waals surface area contributed by atoms with Crippen LogP contribution in [0.4, 0.5) is 4.79 Å². The summed E-state index contributed by atoms with van der Waals surface area (Å²) in [6.45, 7) is 5.52. The van der Waals surface area contributed by atoms with Crippen molar-refractivity contribution in [2.45, 2.75) is 38.8 Å². The maximum Gasteiger partial charge on any atom is 0.417 e. The Kier molecular flexibility index (Phi) is 2.80. The van der Waals surface area contributed by atoms with Gasteiger partial charge < -0.3 is 10.5 Å². The van der Waals surface area contributed by atoms with Crippen LogP contribution >= 0.6 is 0 Å². The number of hydrogen-bond donors (Lipinski definition) is 1. The minimum absolute atomic E-state index is 0.221. The number of likely N-dealkylation sites (tertiary alicyclic amines) is 1. The molecular weight excluding hydrogens is 184 g/mol. The SMILES string of the molecule is CC(C)(C)OC(=O)N1C[C@@H](N)CC1=O. The van der Waals surface area contributed by atoms with E-state index in [0.717, 1.165) is 4.90 Å². The van der Waals surface area contributed by atoms with Crippen LogP contribution in [0.25, 0.3) is 0 Å². The van der Waals surface area contributed by atoms with Crippen molar-refractivity contribution in [2.24, 2.45) is 5.73 Å². The third-order valence-corrected chi connectivity index (χ3v) is 1.77. The van der Waals surface area contributed by atoms with Crippen molar-refractivity contribution in [1.29, 1.82) is 0 Å². The minimum atomic E-state index is -0.601. The average Bonchev–Trinajstić information content (AvgIpc) is 2.26. The molecule has 2 N–H and O–H groups in total. The fourth-order valence-electron chi connectivity index (χ4n) is 1.23. The summed E-state index contributed by atoms with van der Waals surface area (Å²) < 4.78 is 5.05. The molecule has 0 spiro atoms. The van der Waals surface area contributed by atoms with Gasteiger partial charge in [0.05, 0.1) is 0 Å². The van der Waals surface area contributed by atoms with Gasteiger partial charge in [-0.3, -0.25) is 4.79 Å². The van der Waals surface area contributed by atoms with E-state index in [1.165, 1.54) is 0 Å². The van der Waals surface area contributed by atoms with E-state index >= 15 is 0 Å². The van der Waals surface area contributed by atoms with Gasteiger partial charge in [-0.05, 0) is 20.8 Å². The lowest BCUT2D eigenvalue weighted by atomic mass is 10.2. The van der Waals surface area contributed by atoms with E-state index in [1.54, 1.807) is 20.8 Å². The van der Waals surface area contributed by atoms with Gasteiger partial charge in [0, 0.05) is 19.0 Å². The second kappa shape index (κ2) is 3.57. The molecule has 1 rings (SSSR count). The van der Waals surface area contributed by atoms with Crippen LogP contribution in [0.5, 0.6) is 0 Å². The highest BCUT2D eigenvalue weighted by Gasteiger charge is 2.34. The maximum absolute atomic E-state index is 11.4. The molecule has 0 aromatic heterocycles. The number of rotatable bonds is 0. The molecule has 0 unspecified atom stereocenters. The normalized spacial score (nSPS) is 22.7. The molecule has 1 heterocycles. The Balaban J connectivity index is 2.58. The molecule has 1 atom stereocenters. The van der Waals surface area contributed by atoms with Crippen molar-refractivity contribution in [1.82, 2.24) is 4.90 Å². The quantitative estimate of drug-likeness (QED) is 0.617. The number of nitrogens with zero attached hydrogens (tertiary/aromatic N) is 1. The molecule has 0 aliphatic carbocycles. The number of hydrogen-bond acceptors (Lipinski definition) is 4. The molecule has 0 aromatic carbocycles. The van der Waals surface area contributed by atoms with Crippen LogP contribution in [-0.4, -0.2) is 35.1 Å². The molecule has 1 aliphatic heterocycles. The number of ether oxygens (including phenoxy) is 1. The molecule has 1 saturated heterocycles. The largest absolute Gasteiger partial charge is 0.443 e.